The summed E-state index contributed by atoms with van der Waals surface area (Å²) in [6.45, 7) is 2.50. The van der Waals surface area contributed by atoms with Gasteiger partial charge in [0.1, 0.15) is 11.6 Å². The monoisotopic (exact) mass is 340 g/mol. The van der Waals surface area contributed by atoms with Gasteiger partial charge in [0.2, 0.25) is 0 Å². The molecule has 0 saturated heterocycles. The highest BCUT2D eigenvalue weighted by Gasteiger charge is 2.15. The summed E-state index contributed by atoms with van der Waals surface area (Å²) in [5, 5.41) is 0.0304. The number of aromatic amines is 1. The van der Waals surface area contributed by atoms with Crippen molar-refractivity contribution in [2.45, 2.75) is 13.3 Å². The molecule has 1 heterocycles. The van der Waals surface area contributed by atoms with Crippen LogP contribution in [0, 0.1) is 5.82 Å². The molecular weight excluding hydrogens is 319 g/mol. The van der Waals surface area contributed by atoms with Crippen molar-refractivity contribution in [2.24, 2.45) is 0 Å². The van der Waals surface area contributed by atoms with Crippen LogP contribution >= 0.6 is 0 Å². The zero-order valence-electron chi connectivity index (χ0n) is 14.6. The topological polar surface area (TPSA) is 45.3 Å². The van der Waals surface area contributed by atoms with Crippen LogP contribution in [0.3, 0.4) is 0 Å². The van der Waals surface area contributed by atoms with Gasteiger partial charge in [-0.25, -0.2) is 4.39 Å². The van der Waals surface area contributed by atoms with Crippen LogP contribution in [0.15, 0.2) is 47.4 Å². The van der Waals surface area contributed by atoms with Crippen molar-refractivity contribution >= 4 is 16.6 Å². The molecule has 3 rings (SSSR count). The van der Waals surface area contributed by atoms with Crippen molar-refractivity contribution < 1.29 is 9.13 Å². The highest BCUT2D eigenvalue weighted by atomic mass is 19.1. The number of H-pyrrole nitrogens is 1. The fourth-order valence-electron chi connectivity index (χ4n) is 2.75. The Balaban J connectivity index is 2.14. The Hall–Kier alpha value is -2.82. The molecule has 2 aromatic carbocycles. The van der Waals surface area contributed by atoms with Crippen LogP contribution in [-0.2, 0) is 0 Å². The zero-order chi connectivity index (χ0) is 18.0. The first-order chi connectivity index (χ1) is 12.0. The Morgan fingerprint density at radius 2 is 1.84 bits per heavy atom. The van der Waals surface area contributed by atoms with Gasteiger partial charge in [-0.3, -0.25) is 4.79 Å². The number of rotatable bonds is 5. The molecule has 5 heteroatoms. The third-order valence-corrected chi connectivity index (χ3v) is 4.11. The maximum Gasteiger partial charge on any atom is 0.200 e. The number of pyridine rings is 1. The largest absolute Gasteiger partial charge is 0.491 e. The molecule has 4 nitrogen and oxygen atoms in total. The highest BCUT2D eigenvalue weighted by Crippen LogP contribution is 2.27. The fourth-order valence-corrected chi connectivity index (χ4v) is 2.75. The minimum atomic E-state index is -0.549. The molecule has 0 spiro atoms. The standard InChI is InChI=1S/C20H21FN2O2/c1-4-11-25-17-10-9-16(21)18-19(17)22-12-15(20(18)24)13-5-7-14(8-6-13)23(2)3/h5-10,12H,4,11H2,1-3H3,(H,22,24). The zero-order valence-corrected chi connectivity index (χ0v) is 14.6. The molecule has 0 fully saturated rings. The van der Waals surface area contributed by atoms with E-state index in [-0.39, 0.29) is 10.8 Å². The number of benzene rings is 2. The molecule has 0 bridgehead atoms. The van der Waals surface area contributed by atoms with Gasteiger partial charge in [-0.15, -0.1) is 0 Å². The molecule has 130 valence electrons. The van der Waals surface area contributed by atoms with E-state index in [1.54, 1.807) is 12.3 Å². The highest BCUT2D eigenvalue weighted by molar-refractivity contribution is 5.88. The van der Waals surface area contributed by atoms with E-state index in [1.165, 1.54) is 6.07 Å². The summed E-state index contributed by atoms with van der Waals surface area (Å²) in [4.78, 5) is 17.9. The van der Waals surface area contributed by atoms with Crippen molar-refractivity contribution in [3.63, 3.8) is 0 Å². The van der Waals surface area contributed by atoms with Crippen molar-refractivity contribution in [1.29, 1.82) is 0 Å². The smallest absolute Gasteiger partial charge is 0.200 e. The number of halogens is 1. The molecule has 25 heavy (non-hydrogen) atoms. The van der Waals surface area contributed by atoms with E-state index >= 15 is 0 Å². The summed E-state index contributed by atoms with van der Waals surface area (Å²) in [5.41, 5.74) is 2.26. The maximum atomic E-state index is 14.3. The van der Waals surface area contributed by atoms with Crippen molar-refractivity contribution in [3.05, 3.63) is 58.6 Å². The number of ether oxygens (including phenoxy) is 1. The minimum Gasteiger partial charge on any atom is -0.491 e. The van der Waals surface area contributed by atoms with Crippen LogP contribution in [-0.4, -0.2) is 25.7 Å². The van der Waals surface area contributed by atoms with E-state index in [2.05, 4.69) is 4.98 Å². The number of hydrogen-bond donors (Lipinski definition) is 1. The van der Waals surface area contributed by atoms with Gasteiger partial charge in [-0.05, 0) is 36.2 Å². The molecule has 0 aliphatic carbocycles. The lowest BCUT2D eigenvalue weighted by Crippen LogP contribution is -2.10. The van der Waals surface area contributed by atoms with Gasteiger partial charge in [-0.2, -0.15) is 0 Å². The van der Waals surface area contributed by atoms with Gasteiger partial charge in [-0.1, -0.05) is 19.1 Å². The van der Waals surface area contributed by atoms with Crippen molar-refractivity contribution in [2.75, 3.05) is 25.6 Å². The molecule has 1 aromatic heterocycles. The third-order valence-electron chi connectivity index (χ3n) is 4.11. The Bertz CT molecular complexity index is 946. The SMILES string of the molecule is CCCOc1ccc(F)c2c(=O)c(-c3ccc(N(C)C)cc3)c[nH]c12. The second kappa shape index (κ2) is 6.97. The Morgan fingerprint density at radius 1 is 1.12 bits per heavy atom. The van der Waals surface area contributed by atoms with Gasteiger partial charge in [0, 0.05) is 31.5 Å². The molecule has 0 unspecified atom stereocenters. The third kappa shape index (κ3) is 3.22. The van der Waals surface area contributed by atoms with Gasteiger partial charge in [0.05, 0.1) is 17.5 Å². The second-order valence-electron chi connectivity index (χ2n) is 6.12. The number of nitrogens with zero attached hydrogens (tertiary/aromatic N) is 1. The summed E-state index contributed by atoms with van der Waals surface area (Å²) in [6, 6.07) is 10.4. The molecular formula is C20H21FN2O2. The van der Waals surface area contributed by atoms with E-state index in [1.807, 2.05) is 50.2 Å². The first-order valence-corrected chi connectivity index (χ1v) is 8.27. The van der Waals surface area contributed by atoms with Crippen molar-refractivity contribution in [1.82, 2.24) is 4.98 Å². The first kappa shape index (κ1) is 17.0. The minimum absolute atomic E-state index is 0.0304. The second-order valence-corrected chi connectivity index (χ2v) is 6.12. The number of hydrogen-bond acceptors (Lipinski definition) is 3. The average Bonchev–Trinajstić information content (AvgIpc) is 2.61. The van der Waals surface area contributed by atoms with E-state index in [0.717, 1.165) is 17.7 Å². The lowest BCUT2D eigenvalue weighted by atomic mass is 10.0. The fraction of sp³-hybridized carbons (Fsp3) is 0.250. The van der Waals surface area contributed by atoms with Crippen LogP contribution in [0.25, 0.3) is 22.0 Å². The number of aromatic nitrogens is 1. The molecule has 0 aliphatic rings. The lowest BCUT2D eigenvalue weighted by Gasteiger charge is -2.13. The molecule has 1 N–H and O–H groups in total. The van der Waals surface area contributed by atoms with Crippen LogP contribution in [0.5, 0.6) is 5.75 Å². The summed E-state index contributed by atoms with van der Waals surface area (Å²) < 4.78 is 20.0. The Labute approximate surface area is 145 Å². The van der Waals surface area contributed by atoms with Gasteiger partial charge < -0.3 is 14.6 Å². The van der Waals surface area contributed by atoms with E-state index in [0.29, 0.717) is 23.4 Å². The number of fused-ring (bicyclic) bond motifs is 1. The quantitative estimate of drug-likeness (QED) is 0.757. The molecule has 0 saturated carbocycles. The summed E-state index contributed by atoms with van der Waals surface area (Å²) >= 11 is 0. The summed E-state index contributed by atoms with van der Waals surface area (Å²) in [5.74, 6) is -0.0586. The van der Waals surface area contributed by atoms with Gasteiger partial charge in [0.25, 0.3) is 0 Å². The normalized spacial score (nSPS) is 10.9. The van der Waals surface area contributed by atoms with Crippen LogP contribution < -0.4 is 15.1 Å². The van der Waals surface area contributed by atoms with Gasteiger partial charge >= 0.3 is 0 Å². The van der Waals surface area contributed by atoms with Crippen LogP contribution in [0.4, 0.5) is 10.1 Å². The Kier molecular flexibility index (Phi) is 4.74. The van der Waals surface area contributed by atoms with E-state index in [9.17, 15) is 9.18 Å². The predicted octanol–water partition coefficient (Wildman–Crippen LogP) is 4.19. The number of anilines is 1. The maximum absolute atomic E-state index is 14.3. The van der Waals surface area contributed by atoms with E-state index in [4.69, 9.17) is 4.74 Å². The van der Waals surface area contributed by atoms with Crippen LogP contribution in [0.2, 0.25) is 0 Å². The summed E-state index contributed by atoms with van der Waals surface area (Å²) in [7, 11) is 3.90. The lowest BCUT2D eigenvalue weighted by molar-refractivity contribution is 0.320. The van der Waals surface area contributed by atoms with Crippen molar-refractivity contribution in [3.8, 4) is 16.9 Å². The first-order valence-electron chi connectivity index (χ1n) is 8.27. The summed E-state index contributed by atoms with van der Waals surface area (Å²) in [6.07, 6.45) is 2.45. The molecule has 0 amide bonds. The molecule has 0 radical (unpaired) electrons. The Morgan fingerprint density at radius 3 is 2.48 bits per heavy atom. The van der Waals surface area contributed by atoms with Crippen LogP contribution in [0.1, 0.15) is 13.3 Å². The molecule has 3 aromatic rings. The average molecular weight is 340 g/mol. The predicted molar refractivity (Wildman–Crippen MR) is 100 cm³/mol. The van der Waals surface area contributed by atoms with E-state index < -0.39 is 5.82 Å². The van der Waals surface area contributed by atoms with Gasteiger partial charge in [0.15, 0.2) is 5.43 Å². The number of nitrogens with one attached hydrogen (secondary N) is 1. The molecule has 0 aliphatic heterocycles. The molecule has 0 atom stereocenters.